The lowest BCUT2D eigenvalue weighted by molar-refractivity contribution is 0.0669. The molecule has 0 aliphatic carbocycles. The Bertz CT molecular complexity index is 443. The monoisotopic (exact) mass is 285 g/mol. The topological polar surface area (TPSA) is 77.7 Å². The van der Waals surface area contributed by atoms with Gasteiger partial charge >= 0.3 is 0 Å². The highest BCUT2D eigenvalue weighted by atomic mass is 19.1. The van der Waals surface area contributed by atoms with Crippen molar-refractivity contribution in [3.8, 4) is 0 Å². The molecular formula is C13H20FN3O3. The average Bonchev–Trinajstić information content (AvgIpc) is 2.45. The number of nitrogens with zero attached hydrogens (tertiary/aromatic N) is 2. The lowest BCUT2D eigenvalue weighted by Crippen LogP contribution is -2.36. The number of halogens is 1. The van der Waals surface area contributed by atoms with Crippen LogP contribution in [0.25, 0.3) is 0 Å². The number of rotatable bonds is 8. The number of amides is 1. The Hall–Kier alpha value is -1.73. The van der Waals surface area contributed by atoms with E-state index in [1.165, 1.54) is 17.2 Å². The zero-order chi connectivity index (χ0) is 15.0. The zero-order valence-corrected chi connectivity index (χ0v) is 11.8. The van der Waals surface area contributed by atoms with E-state index < -0.39 is 11.7 Å². The van der Waals surface area contributed by atoms with Crippen LogP contribution in [-0.4, -0.2) is 56.3 Å². The fraction of sp³-hybridized carbons (Fsp3) is 0.538. The van der Waals surface area contributed by atoms with Crippen molar-refractivity contribution in [1.29, 1.82) is 0 Å². The molecular weight excluding hydrogens is 265 g/mol. The van der Waals surface area contributed by atoms with Gasteiger partial charge in [-0.3, -0.25) is 4.79 Å². The molecule has 0 unspecified atom stereocenters. The number of methoxy groups -OCH3 is 2. The van der Waals surface area contributed by atoms with Crippen LogP contribution in [0.15, 0.2) is 12.3 Å². The lowest BCUT2D eigenvalue weighted by atomic mass is 10.2. The Morgan fingerprint density at radius 2 is 2.05 bits per heavy atom. The lowest BCUT2D eigenvalue weighted by Gasteiger charge is -2.22. The zero-order valence-electron chi connectivity index (χ0n) is 11.8. The largest absolute Gasteiger partial charge is 0.385 e. The maximum absolute atomic E-state index is 13.8. The molecule has 6 nitrogen and oxygen atoms in total. The Morgan fingerprint density at radius 3 is 2.70 bits per heavy atom. The van der Waals surface area contributed by atoms with Crippen molar-refractivity contribution >= 4 is 11.7 Å². The normalized spacial score (nSPS) is 10.6. The van der Waals surface area contributed by atoms with Crippen molar-refractivity contribution in [2.45, 2.75) is 6.42 Å². The number of carbonyl (C=O) groups excluding carboxylic acids is 1. The Morgan fingerprint density at radius 1 is 1.35 bits per heavy atom. The first-order valence-corrected chi connectivity index (χ1v) is 6.29. The highest BCUT2D eigenvalue weighted by molar-refractivity contribution is 5.95. The van der Waals surface area contributed by atoms with E-state index in [0.717, 1.165) is 0 Å². The van der Waals surface area contributed by atoms with Gasteiger partial charge in [0.1, 0.15) is 0 Å². The predicted molar refractivity (Wildman–Crippen MR) is 72.9 cm³/mol. The van der Waals surface area contributed by atoms with Gasteiger partial charge in [0.25, 0.3) is 5.91 Å². The van der Waals surface area contributed by atoms with Gasteiger partial charge in [0.2, 0.25) is 0 Å². The van der Waals surface area contributed by atoms with Crippen LogP contribution >= 0.6 is 0 Å². The van der Waals surface area contributed by atoms with E-state index in [9.17, 15) is 9.18 Å². The molecule has 112 valence electrons. The molecule has 0 radical (unpaired) electrons. The number of nitrogen functional groups attached to an aromatic ring is 1. The summed E-state index contributed by atoms with van der Waals surface area (Å²) in [6, 6.07) is 1.32. The molecule has 0 saturated carbocycles. The molecule has 1 heterocycles. The van der Waals surface area contributed by atoms with Gasteiger partial charge in [-0.05, 0) is 12.5 Å². The van der Waals surface area contributed by atoms with Crippen LogP contribution in [0.1, 0.15) is 16.8 Å². The van der Waals surface area contributed by atoms with Gasteiger partial charge in [-0.25, -0.2) is 9.37 Å². The summed E-state index contributed by atoms with van der Waals surface area (Å²) in [5, 5.41) is 0. The minimum absolute atomic E-state index is 0.0778. The number of pyridine rings is 1. The van der Waals surface area contributed by atoms with Crippen molar-refractivity contribution in [3.05, 3.63) is 23.6 Å². The molecule has 0 atom stereocenters. The van der Waals surface area contributed by atoms with Gasteiger partial charge in [-0.15, -0.1) is 0 Å². The van der Waals surface area contributed by atoms with E-state index in [4.69, 9.17) is 15.2 Å². The van der Waals surface area contributed by atoms with E-state index in [2.05, 4.69) is 4.98 Å². The summed E-state index contributed by atoms with van der Waals surface area (Å²) in [7, 11) is 3.13. The Labute approximate surface area is 117 Å². The van der Waals surface area contributed by atoms with Crippen molar-refractivity contribution in [2.75, 3.05) is 46.3 Å². The highest BCUT2D eigenvalue weighted by Gasteiger charge is 2.20. The molecule has 7 heteroatoms. The molecule has 1 amide bonds. The van der Waals surface area contributed by atoms with Crippen molar-refractivity contribution in [1.82, 2.24) is 9.88 Å². The minimum atomic E-state index is -0.786. The molecule has 0 saturated heterocycles. The summed E-state index contributed by atoms with van der Waals surface area (Å²) in [4.78, 5) is 17.4. The summed E-state index contributed by atoms with van der Waals surface area (Å²) >= 11 is 0. The standard InChI is InChI=1S/C13H20FN3O3/c1-19-8-3-6-17(7-9-20-2)13(18)10-4-5-16-12(15)11(10)14/h4-5H,3,6-9H2,1-2H3,(H2,15,16). The van der Waals surface area contributed by atoms with E-state index in [-0.39, 0.29) is 11.4 Å². The number of aromatic nitrogens is 1. The van der Waals surface area contributed by atoms with Gasteiger partial charge in [0.05, 0.1) is 12.2 Å². The molecule has 0 bridgehead atoms. The van der Waals surface area contributed by atoms with Crippen LogP contribution in [0.4, 0.5) is 10.2 Å². The minimum Gasteiger partial charge on any atom is -0.385 e. The summed E-state index contributed by atoms with van der Waals surface area (Å²) in [5.74, 6) is -1.49. The fourth-order valence-corrected chi connectivity index (χ4v) is 1.71. The van der Waals surface area contributed by atoms with Gasteiger partial charge in [0.15, 0.2) is 11.6 Å². The van der Waals surface area contributed by atoms with E-state index >= 15 is 0 Å². The second-order valence-corrected chi connectivity index (χ2v) is 4.19. The van der Waals surface area contributed by atoms with Gasteiger partial charge in [-0.1, -0.05) is 0 Å². The average molecular weight is 285 g/mol. The van der Waals surface area contributed by atoms with Crippen molar-refractivity contribution in [3.63, 3.8) is 0 Å². The Balaban J connectivity index is 2.82. The predicted octanol–water partition coefficient (Wildman–Crippen LogP) is 0.928. The molecule has 1 rings (SSSR count). The van der Waals surface area contributed by atoms with Gasteiger partial charge in [0, 0.05) is 40.1 Å². The SMILES string of the molecule is COCCCN(CCOC)C(=O)c1ccnc(N)c1F. The maximum atomic E-state index is 13.8. The first-order chi connectivity index (χ1) is 9.61. The molecule has 1 aromatic heterocycles. The summed E-state index contributed by atoms with van der Waals surface area (Å²) < 4.78 is 23.7. The van der Waals surface area contributed by atoms with Crippen LogP contribution in [0.2, 0.25) is 0 Å². The summed E-state index contributed by atoms with van der Waals surface area (Å²) in [6.07, 6.45) is 1.98. The number of ether oxygens (including phenoxy) is 2. The highest BCUT2D eigenvalue weighted by Crippen LogP contribution is 2.14. The third-order valence-corrected chi connectivity index (χ3v) is 2.78. The fourth-order valence-electron chi connectivity index (χ4n) is 1.71. The molecule has 0 aliphatic heterocycles. The number of hydrogen-bond donors (Lipinski definition) is 1. The third kappa shape index (κ3) is 4.43. The summed E-state index contributed by atoms with van der Waals surface area (Å²) in [6.45, 7) is 1.73. The quantitative estimate of drug-likeness (QED) is 0.719. The first-order valence-electron chi connectivity index (χ1n) is 6.29. The number of carbonyl (C=O) groups is 1. The smallest absolute Gasteiger partial charge is 0.257 e. The maximum Gasteiger partial charge on any atom is 0.257 e. The van der Waals surface area contributed by atoms with Crippen LogP contribution in [0.5, 0.6) is 0 Å². The number of anilines is 1. The molecule has 2 N–H and O–H groups in total. The molecule has 20 heavy (non-hydrogen) atoms. The molecule has 0 aliphatic rings. The van der Waals surface area contributed by atoms with E-state index in [1.54, 1.807) is 14.2 Å². The van der Waals surface area contributed by atoms with E-state index in [0.29, 0.717) is 32.7 Å². The Kier molecular flexibility index (Phi) is 6.89. The number of hydrogen-bond acceptors (Lipinski definition) is 5. The van der Waals surface area contributed by atoms with Gasteiger partial charge in [-0.2, -0.15) is 0 Å². The van der Waals surface area contributed by atoms with Crippen LogP contribution in [0.3, 0.4) is 0 Å². The van der Waals surface area contributed by atoms with Crippen molar-refractivity contribution in [2.24, 2.45) is 0 Å². The van der Waals surface area contributed by atoms with Crippen molar-refractivity contribution < 1.29 is 18.7 Å². The second-order valence-electron chi connectivity index (χ2n) is 4.19. The van der Waals surface area contributed by atoms with Crippen LogP contribution in [-0.2, 0) is 9.47 Å². The third-order valence-electron chi connectivity index (χ3n) is 2.78. The van der Waals surface area contributed by atoms with Crippen LogP contribution in [0, 0.1) is 5.82 Å². The molecule has 0 spiro atoms. The summed E-state index contributed by atoms with van der Waals surface area (Å²) in [5.41, 5.74) is 5.30. The van der Waals surface area contributed by atoms with Crippen LogP contribution < -0.4 is 5.73 Å². The van der Waals surface area contributed by atoms with E-state index in [1.807, 2.05) is 0 Å². The molecule has 0 fully saturated rings. The van der Waals surface area contributed by atoms with Gasteiger partial charge < -0.3 is 20.1 Å². The second kappa shape index (κ2) is 8.44. The first kappa shape index (κ1) is 16.3. The molecule has 1 aromatic rings. The number of nitrogens with two attached hydrogens (primary N) is 1. The molecule has 0 aromatic carbocycles.